The van der Waals surface area contributed by atoms with Gasteiger partial charge < -0.3 is 9.15 Å². The van der Waals surface area contributed by atoms with E-state index >= 15 is 0 Å². The van der Waals surface area contributed by atoms with Crippen LogP contribution in [-0.4, -0.2) is 27.4 Å². The van der Waals surface area contributed by atoms with Crippen LogP contribution in [0.3, 0.4) is 0 Å². The van der Waals surface area contributed by atoms with Crippen molar-refractivity contribution in [2.45, 2.75) is 50.8 Å². The standard InChI is InChI=1S/C25H26FNO6S/c1-15-13-18(26)9-12-22(15)34(30,31)27(24(28)17-7-5-4-6-8-17)19-10-11-21-20(14-19)23(16(2)33-21)25(29)32-3/h9-14,17H,4-8H2,1-3H3. The molecule has 0 saturated heterocycles. The zero-order valence-electron chi connectivity index (χ0n) is 19.3. The predicted octanol–water partition coefficient (Wildman–Crippen LogP) is 5.28. The van der Waals surface area contributed by atoms with Crippen LogP contribution in [-0.2, 0) is 19.6 Å². The topological polar surface area (TPSA) is 93.9 Å². The minimum Gasteiger partial charge on any atom is -0.465 e. The second-order valence-corrected chi connectivity index (χ2v) is 10.3. The molecule has 0 radical (unpaired) electrons. The number of rotatable bonds is 5. The molecule has 0 unspecified atom stereocenters. The van der Waals surface area contributed by atoms with Crippen LogP contribution in [0.1, 0.15) is 53.8 Å². The molecule has 34 heavy (non-hydrogen) atoms. The van der Waals surface area contributed by atoms with Gasteiger partial charge in [0.1, 0.15) is 22.7 Å². The van der Waals surface area contributed by atoms with Crippen molar-refractivity contribution in [3.8, 4) is 0 Å². The summed E-state index contributed by atoms with van der Waals surface area (Å²) in [5.74, 6) is -1.87. The largest absolute Gasteiger partial charge is 0.465 e. The van der Waals surface area contributed by atoms with Gasteiger partial charge in [-0.15, -0.1) is 0 Å². The van der Waals surface area contributed by atoms with Crippen molar-refractivity contribution in [2.75, 3.05) is 11.4 Å². The van der Waals surface area contributed by atoms with E-state index in [1.165, 1.54) is 38.3 Å². The molecule has 4 rings (SSSR count). The summed E-state index contributed by atoms with van der Waals surface area (Å²) in [6.45, 7) is 3.09. The lowest BCUT2D eigenvalue weighted by atomic mass is 9.88. The second-order valence-electron chi connectivity index (χ2n) is 8.56. The minimum atomic E-state index is -4.38. The number of hydrogen-bond acceptors (Lipinski definition) is 6. The molecule has 0 bridgehead atoms. The Morgan fingerprint density at radius 2 is 1.76 bits per heavy atom. The number of aryl methyl sites for hydroxylation is 2. The van der Waals surface area contributed by atoms with Gasteiger partial charge in [0.15, 0.2) is 0 Å². The summed E-state index contributed by atoms with van der Waals surface area (Å²) in [6, 6.07) is 7.80. The van der Waals surface area contributed by atoms with Crippen molar-refractivity contribution >= 4 is 38.6 Å². The molecule has 3 aromatic rings. The molecule has 1 saturated carbocycles. The van der Waals surface area contributed by atoms with Gasteiger partial charge in [-0.25, -0.2) is 21.9 Å². The zero-order chi connectivity index (χ0) is 24.6. The molecule has 1 aliphatic rings. The van der Waals surface area contributed by atoms with Crippen molar-refractivity contribution in [1.29, 1.82) is 0 Å². The van der Waals surface area contributed by atoms with Crippen LogP contribution in [0.2, 0.25) is 0 Å². The third kappa shape index (κ3) is 4.20. The van der Waals surface area contributed by atoms with E-state index in [9.17, 15) is 22.4 Å². The Labute approximate surface area is 197 Å². The number of ether oxygens (including phenoxy) is 1. The molecular weight excluding hydrogens is 461 g/mol. The number of anilines is 1. The highest BCUT2D eigenvalue weighted by Gasteiger charge is 2.37. The highest BCUT2D eigenvalue weighted by atomic mass is 32.2. The Hall–Kier alpha value is -3.20. The molecule has 1 heterocycles. The van der Waals surface area contributed by atoms with E-state index in [4.69, 9.17) is 9.15 Å². The van der Waals surface area contributed by atoms with Crippen molar-refractivity contribution in [3.05, 3.63) is 59.1 Å². The van der Waals surface area contributed by atoms with E-state index in [1.807, 2.05) is 0 Å². The highest BCUT2D eigenvalue weighted by Crippen LogP contribution is 2.36. The van der Waals surface area contributed by atoms with Gasteiger partial charge in [-0.05, 0) is 68.7 Å². The number of hydrogen-bond donors (Lipinski definition) is 0. The third-order valence-corrected chi connectivity index (χ3v) is 8.17. The number of nitrogens with zero attached hydrogens (tertiary/aromatic N) is 1. The van der Waals surface area contributed by atoms with Crippen LogP contribution >= 0.6 is 0 Å². The number of carbonyl (C=O) groups is 2. The lowest BCUT2D eigenvalue weighted by Crippen LogP contribution is -2.41. The van der Waals surface area contributed by atoms with Gasteiger partial charge in [-0.3, -0.25) is 4.79 Å². The van der Waals surface area contributed by atoms with Crippen molar-refractivity contribution in [3.63, 3.8) is 0 Å². The number of fused-ring (bicyclic) bond motifs is 1. The number of carbonyl (C=O) groups excluding carboxylic acids is 2. The molecule has 9 heteroatoms. The number of sulfonamides is 1. The quantitative estimate of drug-likeness (QED) is 0.455. The summed E-state index contributed by atoms with van der Waals surface area (Å²) >= 11 is 0. The van der Waals surface area contributed by atoms with E-state index in [0.29, 0.717) is 29.6 Å². The number of amides is 1. The number of methoxy groups -OCH3 is 1. The average Bonchev–Trinajstić information content (AvgIpc) is 3.13. The van der Waals surface area contributed by atoms with Crippen molar-refractivity contribution in [1.82, 2.24) is 0 Å². The minimum absolute atomic E-state index is 0.0813. The van der Waals surface area contributed by atoms with E-state index in [-0.39, 0.29) is 21.7 Å². The van der Waals surface area contributed by atoms with Crippen LogP contribution in [0.25, 0.3) is 11.0 Å². The summed E-state index contributed by atoms with van der Waals surface area (Å²) < 4.78 is 52.7. The van der Waals surface area contributed by atoms with Gasteiger partial charge in [0.2, 0.25) is 5.91 Å². The van der Waals surface area contributed by atoms with Gasteiger partial charge in [0.05, 0.1) is 17.7 Å². The first-order valence-electron chi connectivity index (χ1n) is 11.1. The van der Waals surface area contributed by atoms with Crippen molar-refractivity contribution < 1.29 is 31.6 Å². The lowest BCUT2D eigenvalue weighted by Gasteiger charge is -2.29. The molecule has 0 N–H and O–H groups in total. The Morgan fingerprint density at radius 1 is 1.06 bits per heavy atom. The smallest absolute Gasteiger partial charge is 0.342 e. The summed E-state index contributed by atoms with van der Waals surface area (Å²) in [6.07, 6.45) is 3.86. The lowest BCUT2D eigenvalue weighted by molar-refractivity contribution is -0.122. The molecule has 1 fully saturated rings. The summed E-state index contributed by atoms with van der Waals surface area (Å²) in [4.78, 5) is 25.9. The Bertz CT molecular complexity index is 1370. The maximum Gasteiger partial charge on any atom is 0.342 e. The summed E-state index contributed by atoms with van der Waals surface area (Å²) in [5, 5.41) is 0.342. The molecule has 1 aromatic heterocycles. The first-order chi connectivity index (χ1) is 16.1. The number of furan rings is 1. The van der Waals surface area contributed by atoms with Gasteiger partial charge in [-0.2, -0.15) is 0 Å². The van der Waals surface area contributed by atoms with Crippen LogP contribution in [0, 0.1) is 25.6 Å². The second kappa shape index (κ2) is 9.21. The van der Waals surface area contributed by atoms with Gasteiger partial charge in [-0.1, -0.05) is 19.3 Å². The fourth-order valence-corrected chi connectivity index (χ4v) is 6.27. The van der Waals surface area contributed by atoms with Crippen LogP contribution in [0.15, 0.2) is 45.7 Å². The Kier molecular flexibility index (Phi) is 6.49. The number of halogens is 1. The van der Waals surface area contributed by atoms with E-state index in [1.54, 1.807) is 6.92 Å². The van der Waals surface area contributed by atoms with Gasteiger partial charge >= 0.3 is 5.97 Å². The molecule has 1 amide bonds. The monoisotopic (exact) mass is 487 g/mol. The highest BCUT2D eigenvalue weighted by molar-refractivity contribution is 7.93. The van der Waals surface area contributed by atoms with Crippen LogP contribution in [0.4, 0.5) is 10.1 Å². The fourth-order valence-electron chi connectivity index (χ4n) is 4.59. The zero-order valence-corrected chi connectivity index (χ0v) is 20.1. The first-order valence-corrected chi connectivity index (χ1v) is 12.6. The molecule has 0 spiro atoms. The van der Waals surface area contributed by atoms with E-state index in [2.05, 4.69) is 0 Å². The van der Waals surface area contributed by atoms with Crippen LogP contribution < -0.4 is 4.31 Å². The number of benzene rings is 2. The molecule has 2 aromatic carbocycles. The molecule has 7 nitrogen and oxygen atoms in total. The average molecular weight is 488 g/mol. The summed E-state index contributed by atoms with van der Waals surface area (Å²) in [5.41, 5.74) is 0.802. The SMILES string of the molecule is COC(=O)c1c(C)oc2ccc(N(C(=O)C3CCCCC3)S(=O)(=O)c3ccc(F)cc3C)cc12. The first kappa shape index (κ1) is 23.9. The predicted molar refractivity (Wildman–Crippen MR) is 125 cm³/mol. The molecule has 0 aliphatic heterocycles. The van der Waals surface area contributed by atoms with Gasteiger partial charge in [0, 0.05) is 11.3 Å². The molecular formula is C25H26FNO6S. The van der Waals surface area contributed by atoms with Crippen LogP contribution in [0.5, 0.6) is 0 Å². The van der Waals surface area contributed by atoms with E-state index in [0.717, 1.165) is 35.7 Å². The normalized spacial score (nSPS) is 14.8. The Balaban J connectivity index is 1.91. The number of esters is 1. The maximum absolute atomic E-state index is 13.8. The van der Waals surface area contributed by atoms with E-state index < -0.39 is 33.6 Å². The molecule has 180 valence electrons. The molecule has 0 atom stereocenters. The molecule has 1 aliphatic carbocycles. The maximum atomic E-state index is 13.8. The van der Waals surface area contributed by atoms with Gasteiger partial charge in [0.25, 0.3) is 10.0 Å². The van der Waals surface area contributed by atoms with Crippen molar-refractivity contribution in [2.24, 2.45) is 5.92 Å². The third-order valence-electron chi connectivity index (χ3n) is 6.28. The summed E-state index contributed by atoms with van der Waals surface area (Å²) in [7, 11) is -3.14. The Morgan fingerprint density at radius 3 is 2.41 bits per heavy atom. The fraction of sp³-hybridized carbons (Fsp3) is 0.360.